The quantitative estimate of drug-likeness (QED) is 0.312. The van der Waals surface area contributed by atoms with E-state index in [4.69, 9.17) is 16.3 Å². The third kappa shape index (κ3) is 5.41. The monoisotopic (exact) mass is 429 g/mol. The van der Waals surface area contributed by atoms with Crippen LogP contribution >= 0.6 is 11.6 Å². The second-order valence-electron chi connectivity index (χ2n) is 6.79. The number of nitrogens with one attached hydrogen (secondary N) is 1. The molecule has 0 aliphatic carbocycles. The number of amides is 1. The maximum atomic E-state index is 12.6. The lowest BCUT2D eigenvalue weighted by Gasteiger charge is -2.09. The van der Waals surface area contributed by atoms with Crippen LogP contribution in [0.4, 0.5) is 0 Å². The minimum Gasteiger partial charge on any atom is -0.489 e. The molecule has 4 rings (SSSR count). The van der Waals surface area contributed by atoms with Gasteiger partial charge in [0.25, 0.3) is 5.91 Å². The number of benzene rings is 3. The van der Waals surface area contributed by atoms with Crippen LogP contribution in [0.15, 0.2) is 102 Å². The summed E-state index contributed by atoms with van der Waals surface area (Å²) in [5.74, 6) is 0.430. The number of halogens is 1. The predicted molar refractivity (Wildman–Crippen MR) is 123 cm³/mol. The van der Waals surface area contributed by atoms with Crippen LogP contribution in [0, 0.1) is 0 Å². The number of carbonyl (C=O) groups excluding carboxylic acids is 1. The summed E-state index contributed by atoms with van der Waals surface area (Å²) in [6, 6.07) is 26.2. The normalized spacial score (nSPS) is 10.9. The molecule has 0 spiro atoms. The molecule has 6 heteroatoms. The summed E-state index contributed by atoms with van der Waals surface area (Å²) in [4.78, 5) is 12.6. The van der Waals surface area contributed by atoms with E-state index in [9.17, 15) is 4.79 Å². The molecule has 31 heavy (non-hydrogen) atoms. The first-order valence-electron chi connectivity index (χ1n) is 9.72. The molecule has 1 N–H and O–H groups in total. The van der Waals surface area contributed by atoms with Crippen LogP contribution in [-0.4, -0.2) is 16.7 Å². The van der Waals surface area contributed by atoms with Gasteiger partial charge in [0.2, 0.25) is 0 Å². The van der Waals surface area contributed by atoms with E-state index >= 15 is 0 Å². The van der Waals surface area contributed by atoms with E-state index in [0.717, 1.165) is 16.8 Å². The van der Waals surface area contributed by atoms with Crippen LogP contribution in [0.3, 0.4) is 0 Å². The van der Waals surface area contributed by atoms with Gasteiger partial charge in [0.15, 0.2) is 0 Å². The zero-order valence-electron chi connectivity index (χ0n) is 16.6. The van der Waals surface area contributed by atoms with Gasteiger partial charge in [0.05, 0.1) is 17.5 Å². The zero-order valence-corrected chi connectivity index (χ0v) is 17.4. The Balaban J connectivity index is 1.39. The Labute approximate surface area is 185 Å². The van der Waals surface area contributed by atoms with E-state index in [-0.39, 0.29) is 5.91 Å². The van der Waals surface area contributed by atoms with Crippen LogP contribution in [0.25, 0.3) is 5.69 Å². The zero-order chi connectivity index (χ0) is 21.5. The van der Waals surface area contributed by atoms with Gasteiger partial charge >= 0.3 is 0 Å². The fourth-order valence-corrected chi connectivity index (χ4v) is 3.17. The Morgan fingerprint density at radius 2 is 1.74 bits per heavy atom. The summed E-state index contributed by atoms with van der Waals surface area (Å²) in [5, 5.41) is 4.80. The molecule has 0 unspecified atom stereocenters. The Morgan fingerprint density at radius 3 is 2.55 bits per heavy atom. The summed E-state index contributed by atoms with van der Waals surface area (Å²) in [6.07, 6.45) is 5.38. The molecule has 0 saturated heterocycles. The molecule has 0 atom stereocenters. The fraction of sp³-hybridized carbons (Fsp3) is 0.0400. The van der Waals surface area contributed by atoms with Crippen LogP contribution in [0.5, 0.6) is 5.75 Å². The number of hydrogen-bond acceptors (Lipinski definition) is 3. The van der Waals surface area contributed by atoms with Gasteiger partial charge in [-0.25, -0.2) is 5.43 Å². The molecule has 1 heterocycles. The Kier molecular flexibility index (Phi) is 6.45. The van der Waals surface area contributed by atoms with Crippen molar-refractivity contribution in [1.82, 2.24) is 9.99 Å². The molecule has 1 aromatic heterocycles. The number of para-hydroxylation sites is 1. The minimum atomic E-state index is -0.282. The molecule has 0 fully saturated rings. The van der Waals surface area contributed by atoms with Crippen molar-refractivity contribution in [3.8, 4) is 11.4 Å². The number of nitrogens with zero attached hydrogens (tertiary/aromatic N) is 2. The highest BCUT2D eigenvalue weighted by Crippen LogP contribution is 2.16. The SMILES string of the molecule is O=C(N/N=C\c1cccc(OCc2ccc(Cl)cc2)c1)c1ccccc1-n1cccc1. The summed E-state index contributed by atoms with van der Waals surface area (Å²) in [5.41, 5.74) is 5.76. The van der Waals surface area contributed by atoms with Crippen molar-refractivity contribution in [2.45, 2.75) is 6.61 Å². The molecule has 3 aromatic carbocycles. The molecule has 5 nitrogen and oxygen atoms in total. The summed E-state index contributed by atoms with van der Waals surface area (Å²) < 4.78 is 7.72. The Hall–Kier alpha value is -3.83. The van der Waals surface area contributed by atoms with Gasteiger partial charge in [0, 0.05) is 17.4 Å². The second kappa shape index (κ2) is 9.78. The molecule has 0 saturated carbocycles. The standard InChI is InChI=1S/C25H20ClN3O2/c26-21-12-10-19(11-13-21)18-31-22-7-5-6-20(16-22)17-27-28-25(30)23-8-1-2-9-24(23)29-14-3-4-15-29/h1-17H,18H2,(H,28,30)/b27-17-. The van der Waals surface area contributed by atoms with Crippen molar-refractivity contribution in [3.05, 3.63) is 119 Å². The molecule has 0 aliphatic heterocycles. The topological polar surface area (TPSA) is 55.6 Å². The lowest BCUT2D eigenvalue weighted by molar-refractivity contribution is 0.0955. The summed E-state index contributed by atoms with van der Waals surface area (Å²) in [6.45, 7) is 0.435. The largest absolute Gasteiger partial charge is 0.489 e. The number of ether oxygens (including phenoxy) is 1. The van der Waals surface area contributed by atoms with Crippen molar-refractivity contribution >= 4 is 23.7 Å². The smallest absolute Gasteiger partial charge is 0.273 e. The van der Waals surface area contributed by atoms with E-state index in [2.05, 4.69) is 10.5 Å². The van der Waals surface area contributed by atoms with Gasteiger partial charge < -0.3 is 9.30 Å². The average Bonchev–Trinajstić information content (AvgIpc) is 3.34. The van der Waals surface area contributed by atoms with Gasteiger partial charge in [-0.1, -0.05) is 48.0 Å². The molecular weight excluding hydrogens is 410 g/mol. The van der Waals surface area contributed by atoms with Crippen LogP contribution in [0.1, 0.15) is 21.5 Å². The highest BCUT2D eigenvalue weighted by Gasteiger charge is 2.10. The van der Waals surface area contributed by atoms with Crippen molar-refractivity contribution in [2.75, 3.05) is 0 Å². The van der Waals surface area contributed by atoms with Gasteiger partial charge in [-0.05, 0) is 59.7 Å². The Bertz CT molecular complexity index is 1190. The van der Waals surface area contributed by atoms with Gasteiger partial charge in [-0.3, -0.25) is 4.79 Å². The predicted octanol–water partition coefficient (Wildman–Crippen LogP) is 5.47. The van der Waals surface area contributed by atoms with E-state index < -0.39 is 0 Å². The van der Waals surface area contributed by atoms with Crippen LogP contribution < -0.4 is 10.2 Å². The molecular formula is C25H20ClN3O2. The van der Waals surface area contributed by atoms with Crippen molar-refractivity contribution in [1.29, 1.82) is 0 Å². The highest BCUT2D eigenvalue weighted by molar-refractivity contribution is 6.30. The highest BCUT2D eigenvalue weighted by atomic mass is 35.5. The Morgan fingerprint density at radius 1 is 0.968 bits per heavy atom. The van der Waals surface area contributed by atoms with Gasteiger partial charge in [0.1, 0.15) is 12.4 Å². The van der Waals surface area contributed by atoms with Crippen LogP contribution in [-0.2, 0) is 6.61 Å². The number of carbonyl (C=O) groups is 1. The lowest BCUT2D eigenvalue weighted by atomic mass is 10.1. The molecule has 4 aromatic rings. The average molecular weight is 430 g/mol. The minimum absolute atomic E-state index is 0.282. The first-order valence-corrected chi connectivity index (χ1v) is 10.1. The van der Waals surface area contributed by atoms with Crippen molar-refractivity contribution in [2.24, 2.45) is 5.10 Å². The molecule has 0 radical (unpaired) electrons. The van der Waals surface area contributed by atoms with E-state index in [1.165, 1.54) is 0 Å². The van der Waals surface area contributed by atoms with E-state index in [1.54, 1.807) is 12.3 Å². The first-order chi connectivity index (χ1) is 15.2. The van der Waals surface area contributed by atoms with E-state index in [0.29, 0.717) is 22.9 Å². The number of aromatic nitrogens is 1. The number of hydrogen-bond donors (Lipinski definition) is 1. The third-order valence-corrected chi connectivity index (χ3v) is 4.84. The molecule has 154 valence electrons. The summed E-state index contributed by atoms with van der Waals surface area (Å²) >= 11 is 5.91. The van der Waals surface area contributed by atoms with E-state index in [1.807, 2.05) is 95.8 Å². The fourth-order valence-electron chi connectivity index (χ4n) is 3.04. The number of rotatable bonds is 7. The molecule has 0 aliphatic rings. The van der Waals surface area contributed by atoms with Crippen molar-refractivity contribution in [3.63, 3.8) is 0 Å². The van der Waals surface area contributed by atoms with Crippen molar-refractivity contribution < 1.29 is 9.53 Å². The number of hydrazone groups is 1. The molecule has 1 amide bonds. The molecule has 0 bridgehead atoms. The first kappa shape index (κ1) is 20.4. The maximum Gasteiger partial charge on any atom is 0.273 e. The lowest BCUT2D eigenvalue weighted by Crippen LogP contribution is -2.19. The third-order valence-electron chi connectivity index (χ3n) is 4.59. The van der Waals surface area contributed by atoms with Crippen LogP contribution in [0.2, 0.25) is 5.02 Å². The van der Waals surface area contributed by atoms with Gasteiger partial charge in [-0.15, -0.1) is 0 Å². The summed E-state index contributed by atoms with van der Waals surface area (Å²) in [7, 11) is 0. The second-order valence-corrected chi connectivity index (χ2v) is 7.23. The van der Waals surface area contributed by atoms with Gasteiger partial charge in [-0.2, -0.15) is 5.10 Å². The maximum absolute atomic E-state index is 12.6.